The van der Waals surface area contributed by atoms with Crippen molar-refractivity contribution in [2.24, 2.45) is 0 Å². The van der Waals surface area contributed by atoms with Gasteiger partial charge in [-0.1, -0.05) is 6.07 Å². The number of anilines is 2. The number of benzene rings is 3. The van der Waals surface area contributed by atoms with Crippen LogP contribution in [-0.2, 0) is 19.6 Å². The first-order valence-corrected chi connectivity index (χ1v) is 20.0. The van der Waals surface area contributed by atoms with Crippen LogP contribution < -0.4 is 19.7 Å². The molecule has 10 nitrogen and oxygen atoms in total. The predicted molar refractivity (Wildman–Crippen MR) is 200 cm³/mol. The van der Waals surface area contributed by atoms with E-state index in [1.807, 2.05) is 42.5 Å². The number of thioether (sulfide) groups is 2. The fraction of sp³-hybridized carbons (Fsp3) is 0.333. The van der Waals surface area contributed by atoms with Crippen molar-refractivity contribution in [2.75, 3.05) is 73.8 Å². The third kappa shape index (κ3) is 10.8. The van der Waals surface area contributed by atoms with Crippen molar-refractivity contribution in [3.05, 3.63) is 88.8 Å². The zero-order chi connectivity index (χ0) is 35.7. The number of ether oxygens (including phenoxy) is 1. The van der Waals surface area contributed by atoms with Crippen LogP contribution in [0.2, 0.25) is 0 Å². The van der Waals surface area contributed by atoms with Crippen LogP contribution in [0.15, 0.2) is 81.6 Å². The highest BCUT2D eigenvalue weighted by Crippen LogP contribution is 2.34. The fourth-order valence-electron chi connectivity index (χ4n) is 5.67. The van der Waals surface area contributed by atoms with Gasteiger partial charge in [0, 0.05) is 70.9 Å². The van der Waals surface area contributed by atoms with Crippen molar-refractivity contribution >= 4 is 69.0 Å². The number of hydrogen-bond donors (Lipinski definition) is 3. The lowest BCUT2D eigenvalue weighted by molar-refractivity contribution is -0.132. The van der Waals surface area contributed by atoms with E-state index in [0.29, 0.717) is 34.9 Å². The number of halogens is 1. The smallest absolute Gasteiger partial charge is 0.332 e. The summed E-state index contributed by atoms with van der Waals surface area (Å²) in [4.78, 5) is 30.1. The molecule has 0 aromatic heterocycles. The number of piperazine rings is 1. The number of aliphatic carboxylic acids is 1. The Morgan fingerprint density at radius 3 is 2.28 bits per heavy atom. The van der Waals surface area contributed by atoms with Crippen LogP contribution >= 0.6 is 23.5 Å². The summed E-state index contributed by atoms with van der Waals surface area (Å²) in [5.74, 6) is 0.652. The molecular weight excluding hydrogens is 700 g/mol. The molecule has 50 heavy (non-hydrogen) atoms. The molecule has 0 bridgehead atoms. The van der Waals surface area contributed by atoms with Crippen molar-refractivity contribution in [2.45, 2.75) is 22.6 Å². The van der Waals surface area contributed by atoms with Gasteiger partial charge in [0.05, 0.1) is 19.1 Å². The first kappa shape index (κ1) is 37.3. The molecule has 3 aliphatic heterocycles. The van der Waals surface area contributed by atoms with Crippen molar-refractivity contribution in [3.8, 4) is 5.75 Å². The lowest BCUT2D eigenvalue weighted by atomic mass is 10.1. The van der Waals surface area contributed by atoms with E-state index in [0.717, 1.165) is 79.3 Å². The molecule has 3 aromatic rings. The molecule has 0 unspecified atom stereocenters. The highest BCUT2D eigenvalue weighted by Gasteiger charge is 2.19. The van der Waals surface area contributed by atoms with Gasteiger partial charge in [-0.3, -0.25) is 14.4 Å². The average Bonchev–Trinajstić information content (AvgIpc) is 3.10. The maximum atomic E-state index is 12.8. The van der Waals surface area contributed by atoms with E-state index >= 15 is 0 Å². The van der Waals surface area contributed by atoms with Crippen LogP contribution in [0, 0.1) is 5.82 Å². The molecule has 1 saturated heterocycles. The summed E-state index contributed by atoms with van der Waals surface area (Å²) in [6, 6.07) is 17.9. The van der Waals surface area contributed by atoms with Gasteiger partial charge in [-0.25, -0.2) is 17.6 Å². The summed E-state index contributed by atoms with van der Waals surface area (Å²) in [7, 11) is -1.64. The Balaban J connectivity index is 0.000000288. The molecule has 3 aromatic carbocycles. The first-order chi connectivity index (χ1) is 24.0. The number of carboxylic acids is 1. The number of rotatable bonds is 11. The second kappa shape index (κ2) is 17.3. The van der Waals surface area contributed by atoms with Gasteiger partial charge in [0.1, 0.15) is 11.6 Å². The number of hydrogen-bond acceptors (Lipinski definition) is 9. The second-order valence-electron chi connectivity index (χ2n) is 12.0. The monoisotopic (exact) mass is 740 g/mol. The third-order valence-corrected chi connectivity index (χ3v) is 11.1. The average molecular weight is 741 g/mol. The number of amides is 1. The number of carboxylic acid groups (broad SMARTS) is 1. The Bertz CT molecular complexity index is 1880. The normalized spacial score (nSPS) is 15.7. The Labute approximate surface area is 301 Å². The molecule has 266 valence electrons. The highest BCUT2D eigenvalue weighted by molar-refractivity contribution is 8.00. The number of nitrogens with zero attached hydrogens (tertiary/aromatic N) is 2. The number of nitrogens with one attached hydrogen (secondary N) is 2. The molecule has 3 heterocycles. The molecule has 3 N–H and O–H groups in total. The maximum absolute atomic E-state index is 12.8. The van der Waals surface area contributed by atoms with Gasteiger partial charge in [0.15, 0.2) is 0 Å². The standard InChI is InChI=1S/C26H34N4O4S2.C10H7FO2S/c1-34-24-8-9-25-20(17-24)16-21(19-35-25)26(31)27-10-3-4-11-29-12-14-30(15-13-29)23-7-5-6-22(18-23)28-36(2,32)33;11-8-1-2-9-6(4-8)3-7(5-14-9)10(12)13/h5-9,16-18,28H,3-4,10-15,19H2,1-2H3,(H,27,31);1-4H,5H2,(H,12,13). The largest absolute Gasteiger partial charge is 0.497 e. The van der Waals surface area contributed by atoms with Crippen molar-refractivity contribution in [3.63, 3.8) is 0 Å². The van der Waals surface area contributed by atoms with Gasteiger partial charge in [-0.05, 0) is 97.3 Å². The van der Waals surface area contributed by atoms with Gasteiger partial charge in [0.2, 0.25) is 15.9 Å². The lowest BCUT2D eigenvalue weighted by Crippen LogP contribution is -2.46. The number of fused-ring (bicyclic) bond motifs is 2. The van der Waals surface area contributed by atoms with Crippen LogP contribution in [0.3, 0.4) is 0 Å². The Morgan fingerprint density at radius 2 is 1.58 bits per heavy atom. The summed E-state index contributed by atoms with van der Waals surface area (Å²) in [6.07, 6.45) is 6.62. The van der Waals surface area contributed by atoms with Crippen LogP contribution in [0.5, 0.6) is 5.75 Å². The zero-order valence-corrected chi connectivity index (χ0v) is 30.4. The molecule has 0 radical (unpaired) electrons. The molecule has 1 amide bonds. The zero-order valence-electron chi connectivity index (χ0n) is 28.0. The summed E-state index contributed by atoms with van der Waals surface area (Å²) in [6.45, 7) is 5.40. The van der Waals surface area contributed by atoms with Crippen LogP contribution in [0.1, 0.15) is 24.0 Å². The summed E-state index contributed by atoms with van der Waals surface area (Å²) in [5.41, 5.74) is 4.42. The molecule has 0 saturated carbocycles. The van der Waals surface area contributed by atoms with Gasteiger partial charge < -0.3 is 20.1 Å². The Hall–Kier alpha value is -3.98. The Kier molecular flexibility index (Phi) is 12.9. The first-order valence-electron chi connectivity index (χ1n) is 16.2. The van der Waals surface area contributed by atoms with Crippen molar-refractivity contribution in [1.29, 1.82) is 0 Å². The SMILES string of the molecule is COc1ccc2c(c1)C=C(C(=O)NCCCCN1CCN(c3cccc(NS(C)(=O)=O)c3)CC1)CS2.O=C(O)C1=Cc2cc(F)ccc2SC1. The summed E-state index contributed by atoms with van der Waals surface area (Å²) in [5, 5.41) is 11.8. The molecular formula is C36H41FN4O6S3. The maximum Gasteiger partial charge on any atom is 0.332 e. The number of unbranched alkanes of at least 4 members (excludes halogenated alkanes) is 1. The minimum atomic E-state index is -3.29. The highest BCUT2D eigenvalue weighted by atomic mass is 32.2. The summed E-state index contributed by atoms with van der Waals surface area (Å²) < 4.78 is 43.7. The minimum absolute atomic E-state index is 0.0113. The summed E-state index contributed by atoms with van der Waals surface area (Å²) >= 11 is 3.10. The van der Waals surface area contributed by atoms with E-state index in [1.54, 1.807) is 31.0 Å². The minimum Gasteiger partial charge on any atom is -0.497 e. The van der Waals surface area contributed by atoms with Crippen LogP contribution in [-0.4, -0.2) is 94.4 Å². The molecule has 0 spiro atoms. The fourth-order valence-corrected chi connectivity index (χ4v) is 8.17. The van der Waals surface area contributed by atoms with E-state index in [9.17, 15) is 22.4 Å². The predicted octanol–water partition coefficient (Wildman–Crippen LogP) is 5.67. The molecule has 14 heteroatoms. The van der Waals surface area contributed by atoms with E-state index < -0.39 is 16.0 Å². The topological polar surface area (TPSA) is 128 Å². The van der Waals surface area contributed by atoms with E-state index in [1.165, 1.54) is 34.9 Å². The van der Waals surface area contributed by atoms with Crippen molar-refractivity contribution < 1.29 is 32.2 Å². The molecule has 0 aliphatic carbocycles. The van der Waals surface area contributed by atoms with E-state index in [2.05, 4.69) is 19.8 Å². The third-order valence-electron chi connectivity index (χ3n) is 8.25. The lowest BCUT2D eigenvalue weighted by Gasteiger charge is -2.36. The molecule has 3 aliphatic rings. The van der Waals surface area contributed by atoms with E-state index in [-0.39, 0.29) is 11.7 Å². The van der Waals surface area contributed by atoms with E-state index in [4.69, 9.17) is 9.84 Å². The van der Waals surface area contributed by atoms with Crippen molar-refractivity contribution in [1.82, 2.24) is 10.2 Å². The van der Waals surface area contributed by atoms with Gasteiger partial charge in [-0.15, -0.1) is 23.5 Å². The number of sulfonamides is 1. The quantitative estimate of drug-likeness (QED) is 0.212. The molecule has 1 fully saturated rings. The van der Waals surface area contributed by atoms with Crippen LogP contribution in [0.4, 0.5) is 15.8 Å². The van der Waals surface area contributed by atoms with Crippen LogP contribution in [0.25, 0.3) is 12.2 Å². The molecule has 0 atom stereocenters. The second-order valence-corrected chi connectivity index (χ2v) is 15.8. The van der Waals surface area contributed by atoms with Gasteiger partial charge in [0.25, 0.3) is 0 Å². The Morgan fingerprint density at radius 1 is 0.900 bits per heavy atom. The van der Waals surface area contributed by atoms with Gasteiger partial charge in [-0.2, -0.15) is 0 Å². The number of methoxy groups -OCH3 is 1. The van der Waals surface area contributed by atoms with Gasteiger partial charge >= 0.3 is 5.97 Å². The number of carbonyl (C=O) groups is 2. The molecule has 6 rings (SSSR count). The number of carbonyl (C=O) groups excluding carboxylic acids is 1.